The molecule has 264 valence electrons. The topological polar surface area (TPSA) is 184 Å². The Hall–Kier alpha value is -4.79. The van der Waals surface area contributed by atoms with Crippen molar-refractivity contribution in [2.75, 3.05) is 6.54 Å². The zero-order valence-electron chi connectivity index (χ0n) is 27.1. The van der Waals surface area contributed by atoms with Gasteiger partial charge in [0.05, 0.1) is 22.7 Å². The van der Waals surface area contributed by atoms with Gasteiger partial charge in [0, 0.05) is 23.9 Å². The molecule has 4 N–H and O–H groups in total. The lowest BCUT2D eigenvalue weighted by Gasteiger charge is -2.29. The summed E-state index contributed by atoms with van der Waals surface area (Å²) in [4.78, 5) is 59.3. The van der Waals surface area contributed by atoms with E-state index in [1.54, 1.807) is 6.20 Å². The fourth-order valence-corrected chi connectivity index (χ4v) is 8.53. The number of nitrogens with zero attached hydrogens (tertiary/aromatic N) is 2. The maximum atomic E-state index is 15.6. The Morgan fingerprint density at radius 3 is 2.66 bits per heavy atom. The Balaban J connectivity index is 1.23. The Labute approximate surface area is 287 Å². The predicted molar refractivity (Wildman–Crippen MR) is 180 cm³/mol. The van der Waals surface area contributed by atoms with Gasteiger partial charge in [-0.25, -0.2) is 17.6 Å². The van der Waals surface area contributed by atoms with Gasteiger partial charge in [-0.1, -0.05) is 49.3 Å². The van der Waals surface area contributed by atoms with Crippen LogP contribution < -0.4 is 20.1 Å². The molecule has 50 heavy (non-hydrogen) atoms. The third-order valence-corrected chi connectivity index (χ3v) is 11.9. The highest BCUT2D eigenvalue weighted by molar-refractivity contribution is 7.91. The molecule has 0 bridgehead atoms. The van der Waals surface area contributed by atoms with E-state index in [1.807, 2.05) is 36.4 Å². The number of pyridine rings is 1. The van der Waals surface area contributed by atoms with Crippen LogP contribution in [-0.4, -0.2) is 82.7 Å². The van der Waals surface area contributed by atoms with Crippen LogP contribution in [0.15, 0.2) is 54.7 Å². The van der Waals surface area contributed by atoms with Crippen LogP contribution in [0.3, 0.4) is 0 Å². The number of allylic oxidation sites excluding steroid dienone is 1. The first-order valence-corrected chi connectivity index (χ1v) is 18.5. The molecule has 4 aliphatic rings. The number of sulfonamides is 1. The molecule has 2 saturated carbocycles. The van der Waals surface area contributed by atoms with Crippen molar-refractivity contribution in [2.45, 2.75) is 86.8 Å². The Bertz CT molecular complexity index is 2020. The second kappa shape index (κ2) is 13.2. The van der Waals surface area contributed by atoms with Gasteiger partial charge in [-0.3, -0.25) is 24.1 Å². The number of halogens is 1. The van der Waals surface area contributed by atoms with E-state index in [4.69, 9.17) is 4.74 Å². The standard InChI is InChI=1S/C35H38FN5O8S/c36-25-14-15-26-29(24-10-7-6-8-20(24)18-37-26)30(25)49-22-16-28-31(42)39-35(33(44)40-50(47,48)23-12-13-23)17-21(35)9-4-2-1-3-5-11-27(38-34(45)46)32(43)41(28)19-22/h4,6-10,14-15,18,21-23,27-28,38H,1-3,5,11-13,16-17,19H2,(H,39,42)(H,40,44)(H,45,46)/t21-,22-,27+,28+,35-/m1/s1. The van der Waals surface area contributed by atoms with Crippen molar-refractivity contribution >= 4 is 55.5 Å². The molecule has 3 fully saturated rings. The number of benzene rings is 2. The molecule has 4 amide bonds. The Morgan fingerprint density at radius 2 is 1.88 bits per heavy atom. The highest BCUT2D eigenvalue weighted by Gasteiger charge is 2.62. The Kier molecular flexibility index (Phi) is 8.87. The molecule has 2 aliphatic carbocycles. The van der Waals surface area contributed by atoms with Gasteiger partial charge in [0.25, 0.3) is 5.91 Å². The van der Waals surface area contributed by atoms with Gasteiger partial charge in [0.15, 0.2) is 11.6 Å². The van der Waals surface area contributed by atoms with E-state index < -0.39 is 74.5 Å². The molecule has 5 atom stereocenters. The normalized spacial score (nSPS) is 27.4. The van der Waals surface area contributed by atoms with Crippen LogP contribution in [0.1, 0.15) is 57.8 Å². The summed E-state index contributed by atoms with van der Waals surface area (Å²) in [5.74, 6) is -3.46. The number of carbonyl (C=O) groups is 4. The SMILES string of the molecule is O=C(O)N[C@H]1CCCCCC=C[C@@H]2C[C@@]2(C(=O)NS(=O)(=O)C2CC2)NC(=O)[C@@H]2C[C@@H](Oc3c(F)ccc4ncc5ccccc5c34)CN2C1=O. The van der Waals surface area contributed by atoms with Gasteiger partial charge in [-0.2, -0.15) is 0 Å². The number of hydrogen-bond donors (Lipinski definition) is 4. The van der Waals surface area contributed by atoms with E-state index in [-0.39, 0.29) is 31.6 Å². The third kappa shape index (κ3) is 6.57. The summed E-state index contributed by atoms with van der Waals surface area (Å²) >= 11 is 0. The molecule has 1 saturated heterocycles. The lowest BCUT2D eigenvalue weighted by molar-refractivity contribution is -0.141. The molecule has 3 heterocycles. The van der Waals surface area contributed by atoms with Crippen LogP contribution in [0, 0.1) is 11.7 Å². The predicted octanol–water partition coefficient (Wildman–Crippen LogP) is 3.52. The van der Waals surface area contributed by atoms with E-state index in [1.165, 1.54) is 17.0 Å². The second-order valence-electron chi connectivity index (χ2n) is 13.6. The number of nitrogens with one attached hydrogen (secondary N) is 3. The summed E-state index contributed by atoms with van der Waals surface area (Å²) in [7, 11) is -3.92. The lowest BCUT2D eigenvalue weighted by atomic mass is 10.0. The zero-order valence-corrected chi connectivity index (χ0v) is 28.0. The molecule has 0 unspecified atom stereocenters. The fraction of sp³-hybridized carbons (Fsp3) is 0.457. The molecule has 15 heteroatoms. The van der Waals surface area contributed by atoms with Gasteiger partial charge in [-0.05, 0) is 56.0 Å². The summed E-state index contributed by atoms with van der Waals surface area (Å²) in [6, 6.07) is 7.66. The molecular weight excluding hydrogens is 669 g/mol. The third-order valence-electron chi connectivity index (χ3n) is 10.1. The maximum Gasteiger partial charge on any atom is 0.405 e. The van der Waals surface area contributed by atoms with E-state index in [0.29, 0.717) is 48.4 Å². The average molecular weight is 708 g/mol. The molecule has 7 rings (SSSR count). The van der Waals surface area contributed by atoms with E-state index in [9.17, 15) is 32.7 Å². The molecule has 13 nitrogen and oxygen atoms in total. The quantitative estimate of drug-likeness (QED) is 0.220. The lowest BCUT2D eigenvalue weighted by Crippen LogP contribution is -2.58. The van der Waals surface area contributed by atoms with Crippen molar-refractivity contribution in [2.24, 2.45) is 5.92 Å². The first kappa shape index (κ1) is 33.7. The van der Waals surface area contributed by atoms with Gasteiger partial charge in [-0.15, -0.1) is 0 Å². The molecule has 3 aromatic rings. The molecule has 1 aromatic heterocycles. The van der Waals surface area contributed by atoms with Crippen LogP contribution in [0.2, 0.25) is 0 Å². The number of fused-ring (bicyclic) bond motifs is 5. The van der Waals surface area contributed by atoms with Crippen molar-refractivity contribution in [3.63, 3.8) is 0 Å². The van der Waals surface area contributed by atoms with Crippen molar-refractivity contribution in [3.8, 4) is 5.75 Å². The number of carboxylic acid groups (broad SMARTS) is 1. The van der Waals surface area contributed by atoms with Crippen molar-refractivity contribution < 1.29 is 41.8 Å². The summed E-state index contributed by atoms with van der Waals surface area (Å²) in [6.45, 7) is -0.179. The van der Waals surface area contributed by atoms with Gasteiger partial charge in [0.2, 0.25) is 21.8 Å². The fourth-order valence-electron chi connectivity index (χ4n) is 7.17. The highest BCUT2D eigenvalue weighted by atomic mass is 32.2. The van der Waals surface area contributed by atoms with Gasteiger partial charge in [0.1, 0.15) is 23.7 Å². The van der Waals surface area contributed by atoms with Crippen molar-refractivity contribution in [1.82, 2.24) is 25.2 Å². The first-order valence-electron chi connectivity index (χ1n) is 16.9. The van der Waals surface area contributed by atoms with Gasteiger partial charge >= 0.3 is 6.09 Å². The molecule has 2 aliphatic heterocycles. The van der Waals surface area contributed by atoms with Crippen LogP contribution in [0.5, 0.6) is 5.75 Å². The van der Waals surface area contributed by atoms with Crippen LogP contribution >= 0.6 is 0 Å². The van der Waals surface area contributed by atoms with E-state index >= 15 is 4.39 Å². The summed E-state index contributed by atoms with van der Waals surface area (Å²) < 4.78 is 49.5. The Morgan fingerprint density at radius 1 is 1.08 bits per heavy atom. The first-order chi connectivity index (χ1) is 24.0. The molecular formula is C35H38FN5O8S. The number of hydrogen-bond acceptors (Lipinski definition) is 8. The van der Waals surface area contributed by atoms with Gasteiger partial charge < -0.3 is 25.4 Å². The molecule has 0 radical (unpaired) electrons. The number of amides is 4. The second-order valence-corrected chi connectivity index (χ2v) is 15.6. The van der Waals surface area contributed by atoms with E-state index in [2.05, 4.69) is 20.3 Å². The monoisotopic (exact) mass is 707 g/mol. The largest absolute Gasteiger partial charge is 0.485 e. The van der Waals surface area contributed by atoms with Crippen molar-refractivity contribution in [3.05, 3.63) is 60.6 Å². The zero-order chi connectivity index (χ0) is 35.2. The minimum atomic E-state index is -3.92. The van der Waals surface area contributed by atoms with Crippen molar-refractivity contribution in [1.29, 1.82) is 0 Å². The summed E-state index contributed by atoms with van der Waals surface area (Å²) in [6.07, 6.45) is 6.81. The highest BCUT2D eigenvalue weighted by Crippen LogP contribution is 2.46. The number of aromatic nitrogens is 1. The summed E-state index contributed by atoms with van der Waals surface area (Å²) in [5, 5.41) is 15.9. The van der Waals surface area contributed by atoms with E-state index in [0.717, 1.165) is 11.8 Å². The number of ether oxygens (including phenoxy) is 1. The van der Waals surface area contributed by atoms with Crippen LogP contribution in [0.4, 0.5) is 9.18 Å². The smallest absolute Gasteiger partial charge is 0.405 e. The van der Waals surface area contributed by atoms with Crippen LogP contribution in [0.25, 0.3) is 21.7 Å². The number of rotatable bonds is 6. The maximum absolute atomic E-state index is 15.6. The van der Waals surface area contributed by atoms with Crippen LogP contribution in [-0.2, 0) is 24.4 Å². The minimum Gasteiger partial charge on any atom is -0.485 e. The molecule has 2 aromatic carbocycles. The minimum absolute atomic E-state index is 0.0962. The average Bonchev–Trinajstić information content (AvgIpc) is 4.01. The summed E-state index contributed by atoms with van der Waals surface area (Å²) in [5.41, 5.74) is -1.08. The number of carbonyl (C=O) groups excluding carboxylic acids is 3. The molecule has 0 spiro atoms.